The van der Waals surface area contributed by atoms with Gasteiger partial charge in [0, 0.05) is 39.0 Å². The van der Waals surface area contributed by atoms with Gasteiger partial charge < -0.3 is 24.6 Å². The number of amides is 1. The Kier molecular flexibility index (Phi) is 30.2. The molecule has 0 unspecified atom stereocenters. The predicted molar refractivity (Wildman–Crippen MR) is 238 cm³/mol. The highest BCUT2D eigenvalue weighted by molar-refractivity contribution is 5.76. The number of hydrogen-bond acceptors (Lipinski definition) is 6. The normalized spacial score (nSPS) is 19.5. The van der Waals surface area contributed by atoms with Crippen LogP contribution in [0.4, 0.5) is 0 Å². The fourth-order valence-electron chi connectivity index (χ4n) is 8.81. The van der Waals surface area contributed by atoms with Crippen molar-refractivity contribution in [3.8, 4) is 0 Å². The van der Waals surface area contributed by atoms with Crippen LogP contribution in [0.25, 0.3) is 0 Å². The van der Waals surface area contributed by atoms with Crippen molar-refractivity contribution in [1.29, 1.82) is 0 Å². The van der Waals surface area contributed by atoms with Crippen LogP contribution in [-0.2, 0) is 19.1 Å². The molecule has 0 radical (unpaired) electrons. The first-order chi connectivity index (χ1) is 27.2. The molecule has 2 rings (SSSR count). The van der Waals surface area contributed by atoms with Crippen molar-refractivity contribution in [1.82, 2.24) is 15.1 Å². The molecule has 2 heterocycles. The Labute approximate surface area is 347 Å². The summed E-state index contributed by atoms with van der Waals surface area (Å²) < 4.78 is 12.6. The molecular weight excluding hydrogens is 695 g/mol. The van der Waals surface area contributed by atoms with E-state index in [0.717, 1.165) is 64.8 Å². The van der Waals surface area contributed by atoms with Crippen molar-refractivity contribution in [3.05, 3.63) is 12.2 Å². The number of likely N-dealkylation sites (N-methyl/N-ethyl adjacent to an activating group) is 1. The van der Waals surface area contributed by atoms with Crippen LogP contribution < -0.4 is 5.32 Å². The number of nitrogens with one attached hydrogen (secondary N) is 1. The molecule has 2 aliphatic heterocycles. The molecule has 0 aliphatic carbocycles. The van der Waals surface area contributed by atoms with Crippen molar-refractivity contribution in [2.45, 2.75) is 238 Å². The summed E-state index contributed by atoms with van der Waals surface area (Å²) in [6, 6.07) is -0.309. The largest absolute Gasteiger partial charge is 0.463 e. The molecule has 328 valence electrons. The van der Waals surface area contributed by atoms with Crippen LogP contribution in [0.15, 0.2) is 12.2 Å². The SMILES string of the molecule is CCCCCCCC/C=C\CCCCCCCC(=O)N[C@@H](COC(=O)CCCN1CCN(C)CC1)[C@@H]1OC(C)(C)C[C@@H]1CCCCCCCCCCCCCC. The van der Waals surface area contributed by atoms with E-state index in [-0.39, 0.29) is 36.2 Å². The molecule has 7 nitrogen and oxygen atoms in total. The summed E-state index contributed by atoms with van der Waals surface area (Å²) in [5, 5.41) is 3.33. The number of esters is 1. The topological polar surface area (TPSA) is 71.1 Å². The van der Waals surface area contributed by atoms with Crippen LogP contribution in [0.1, 0.15) is 220 Å². The van der Waals surface area contributed by atoms with E-state index < -0.39 is 0 Å². The summed E-state index contributed by atoms with van der Waals surface area (Å²) in [7, 11) is 2.17. The fraction of sp³-hybridized carbons (Fsp3) is 0.918. The molecule has 0 spiro atoms. The van der Waals surface area contributed by atoms with E-state index in [1.165, 1.54) is 148 Å². The third-order valence-electron chi connectivity index (χ3n) is 12.4. The lowest BCUT2D eigenvalue weighted by Gasteiger charge is -2.32. The molecule has 0 aromatic carbocycles. The highest BCUT2D eigenvalue weighted by Gasteiger charge is 2.44. The molecule has 1 N–H and O–H groups in total. The van der Waals surface area contributed by atoms with Gasteiger partial charge in [-0.05, 0) is 84.7 Å². The molecule has 2 aliphatic rings. The number of carbonyl (C=O) groups is 2. The molecule has 56 heavy (non-hydrogen) atoms. The second kappa shape index (κ2) is 33.4. The number of rotatable bonds is 36. The molecule has 0 saturated carbocycles. The molecule has 2 saturated heterocycles. The maximum absolute atomic E-state index is 13.4. The van der Waals surface area contributed by atoms with Crippen molar-refractivity contribution in [2.75, 3.05) is 46.4 Å². The molecule has 0 aromatic rings. The maximum Gasteiger partial charge on any atom is 0.305 e. The molecule has 0 bridgehead atoms. The minimum absolute atomic E-state index is 0.0659. The summed E-state index contributed by atoms with van der Waals surface area (Å²) in [6.07, 6.45) is 40.8. The van der Waals surface area contributed by atoms with Gasteiger partial charge in [-0.3, -0.25) is 9.59 Å². The molecule has 7 heteroatoms. The standard InChI is InChI=1S/C49H93N3O4/c1-6-8-10-12-14-16-18-20-21-22-24-26-28-30-32-35-46(53)50-45(43-55-47(54)36-33-37-52-40-38-51(5)39-41-52)48-44(42-49(3,4)56-48)34-31-29-27-25-23-19-17-15-13-11-9-7-2/h20-21,44-45,48H,6-19,22-43H2,1-5H3,(H,50,53)/b21-20-/t44-,45-,48+/m0/s1. The van der Waals surface area contributed by atoms with Gasteiger partial charge in [0.25, 0.3) is 0 Å². The van der Waals surface area contributed by atoms with Gasteiger partial charge in [0.1, 0.15) is 6.61 Å². The lowest BCUT2D eigenvalue weighted by molar-refractivity contribution is -0.147. The number of unbranched alkanes of at least 4 members (excludes halogenated alkanes) is 22. The van der Waals surface area contributed by atoms with Gasteiger partial charge in [-0.1, -0.05) is 154 Å². The number of nitrogens with zero attached hydrogens (tertiary/aromatic N) is 2. The quantitative estimate of drug-likeness (QED) is 0.0387. The van der Waals surface area contributed by atoms with E-state index in [2.05, 4.69) is 62.0 Å². The third-order valence-corrected chi connectivity index (χ3v) is 12.4. The van der Waals surface area contributed by atoms with Gasteiger partial charge in [0.05, 0.1) is 17.7 Å². The number of piperazine rings is 1. The van der Waals surface area contributed by atoms with Crippen molar-refractivity contribution < 1.29 is 19.1 Å². The smallest absolute Gasteiger partial charge is 0.305 e. The first-order valence-corrected chi connectivity index (χ1v) is 24.4. The Morgan fingerprint density at radius 2 is 1.18 bits per heavy atom. The van der Waals surface area contributed by atoms with Crippen molar-refractivity contribution in [3.63, 3.8) is 0 Å². The van der Waals surface area contributed by atoms with E-state index in [9.17, 15) is 9.59 Å². The summed E-state index contributed by atoms with van der Waals surface area (Å²) in [5.74, 6) is 0.260. The van der Waals surface area contributed by atoms with Crippen molar-refractivity contribution >= 4 is 11.9 Å². The minimum atomic E-state index is -0.309. The first kappa shape index (κ1) is 50.7. The summed E-state index contributed by atoms with van der Waals surface area (Å²) in [4.78, 5) is 31.1. The summed E-state index contributed by atoms with van der Waals surface area (Å²) >= 11 is 0. The van der Waals surface area contributed by atoms with E-state index in [4.69, 9.17) is 9.47 Å². The van der Waals surface area contributed by atoms with Gasteiger partial charge in [-0.15, -0.1) is 0 Å². The second-order valence-electron chi connectivity index (χ2n) is 18.4. The van der Waals surface area contributed by atoms with Crippen LogP contribution in [0.3, 0.4) is 0 Å². The van der Waals surface area contributed by atoms with Gasteiger partial charge in [0.2, 0.25) is 5.91 Å². The zero-order valence-corrected chi connectivity index (χ0v) is 37.9. The Bertz CT molecular complexity index is 978. The number of allylic oxidation sites excluding steroid dienone is 2. The number of hydrogen-bond donors (Lipinski definition) is 1. The molecule has 0 aromatic heterocycles. The lowest BCUT2D eigenvalue weighted by Crippen LogP contribution is -2.49. The fourth-order valence-corrected chi connectivity index (χ4v) is 8.81. The summed E-state index contributed by atoms with van der Waals surface area (Å²) in [6.45, 7) is 14.3. The van der Waals surface area contributed by atoms with Gasteiger partial charge in [0.15, 0.2) is 0 Å². The summed E-state index contributed by atoms with van der Waals surface area (Å²) in [5.41, 5.74) is -0.245. The van der Waals surface area contributed by atoms with E-state index in [0.29, 0.717) is 18.8 Å². The van der Waals surface area contributed by atoms with Gasteiger partial charge in [-0.25, -0.2) is 0 Å². The van der Waals surface area contributed by atoms with Crippen LogP contribution >= 0.6 is 0 Å². The zero-order valence-electron chi connectivity index (χ0n) is 37.9. The Balaban J connectivity index is 1.76. The molecule has 2 fully saturated rings. The van der Waals surface area contributed by atoms with Gasteiger partial charge in [-0.2, -0.15) is 0 Å². The molecule has 3 atom stereocenters. The van der Waals surface area contributed by atoms with Crippen LogP contribution in [0.5, 0.6) is 0 Å². The Hall–Kier alpha value is -1.44. The highest BCUT2D eigenvalue weighted by Crippen LogP contribution is 2.39. The molecule has 1 amide bonds. The van der Waals surface area contributed by atoms with Gasteiger partial charge >= 0.3 is 5.97 Å². The van der Waals surface area contributed by atoms with E-state index in [1.807, 2.05) is 0 Å². The van der Waals surface area contributed by atoms with Crippen LogP contribution in [-0.4, -0.2) is 85.8 Å². The first-order valence-electron chi connectivity index (χ1n) is 24.4. The lowest BCUT2D eigenvalue weighted by atomic mass is 9.86. The predicted octanol–water partition coefficient (Wildman–Crippen LogP) is 12.4. The minimum Gasteiger partial charge on any atom is -0.463 e. The third kappa shape index (κ3) is 26.5. The molecular formula is C49H93N3O4. The average molecular weight is 788 g/mol. The average Bonchev–Trinajstić information content (AvgIpc) is 3.49. The van der Waals surface area contributed by atoms with Crippen molar-refractivity contribution in [2.24, 2.45) is 5.92 Å². The Morgan fingerprint density at radius 1 is 0.679 bits per heavy atom. The van der Waals surface area contributed by atoms with Crippen LogP contribution in [0, 0.1) is 5.92 Å². The second-order valence-corrected chi connectivity index (χ2v) is 18.4. The number of ether oxygens (including phenoxy) is 2. The monoisotopic (exact) mass is 788 g/mol. The maximum atomic E-state index is 13.4. The van der Waals surface area contributed by atoms with E-state index >= 15 is 0 Å². The van der Waals surface area contributed by atoms with E-state index in [1.54, 1.807) is 0 Å². The van der Waals surface area contributed by atoms with Crippen LogP contribution in [0.2, 0.25) is 0 Å². The Morgan fingerprint density at radius 3 is 1.73 bits per heavy atom. The highest BCUT2D eigenvalue weighted by atomic mass is 16.5. The zero-order chi connectivity index (χ0) is 40.5. The number of carbonyl (C=O) groups excluding carboxylic acids is 2.